The molecule has 1 heteroatoms. The van der Waals surface area contributed by atoms with E-state index >= 15 is 0 Å². The standard InChI is InChI=1S/C15H30O/c1-9(2)12-7-13(10(3)4)15(16)14(8-12)11(5)6/h9-16H,7-8H2,1-6H3. The first-order valence-electron chi connectivity index (χ1n) is 7.02. The molecule has 0 aromatic heterocycles. The van der Waals surface area contributed by atoms with Gasteiger partial charge in [0.15, 0.2) is 0 Å². The lowest BCUT2D eigenvalue weighted by atomic mass is 9.64. The summed E-state index contributed by atoms with van der Waals surface area (Å²) < 4.78 is 0. The van der Waals surface area contributed by atoms with Crippen molar-refractivity contribution in [2.75, 3.05) is 0 Å². The molecular weight excluding hydrogens is 196 g/mol. The summed E-state index contributed by atoms with van der Waals surface area (Å²) in [7, 11) is 0. The highest BCUT2D eigenvalue weighted by Crippen LogP contribution is 2.43. The van der Waals surface area contributed by atoms with Crippen LogP contribution >= 0.6 is 0 Å². The second-order valence-electron chi connectivity index (χ2n) is 6.78. The molecule has 0 bridgehead atoms. The molecular formula is C15H30O. The lowest BCUT2D eigenvalue weighted by Crippen LogP contribution is -2.43. The Morgan fingerprint density at radius 1 is 0.750 bits per heavy atom. The number of aliphatic hydroxyl groups excluding tert-OH is 1. The molecule has 0 spiro atoms. The van der Waals surface area contributed by atoms with Gasteiger partial charge in [-0.1, -0.05) is 41.5 Å². The van der Waals surface area contributed by atoms with Gasteiger partial charge < -0.3 is 5.11 Å². The third-order valence-electron chi connectivity index (χ3n) is 4.68. The fraction of sp³-hybridized carbons (Fsp3) is 1.00. The zero-order valence-corrected chi connectivity index (χ0v) is 11.9. The van der Waals surface area contributed by atoms with Gasteiger partial charge in [0.1, 0.15) is 0 Å². The molecule has 16 heavy (non-hydrogen) atoms. The molecule has 1 N–H and O–H groups in total. The molecule has 1 aliphatic rings. The average Bonchev–Trinajstić information content (AvgIpc) is 2.16. The van der Waals surface area contributed by atoms with Crippen molar-refractivity contribution in [3.05, 3.63) is 0 Å². The maximum absolute atomic E-state index is 10.5. The summed E-state index contributed by atoms with van der Waals surface area (Å²) >= 11 is 0. The molecule has 1 saturated carbocycles. The van der Waals surface area contributed by atoms with Crippen LogP contribution in [-0.4, -0.2) is 11.2 Å². The molecule has 1 nitrogen and oxygen atoms in total. The molecule has 0 amide bonds. The van der Waals surface area contributed by atoms with Gasteiger partial charge in [-0.15, -0.1) is 0 Å². The molecule has 1 rings (SSSR count). The van der Waals surface area contributed by atoms with E-state index in [-0.39, 0.29) is 6.10 Å². The zero-order chi connectivity index (χ0) is 12.5. The van der Waals surface area contributed by atoms with Crippen molar-refractivity contribution in [1.82, 2.24) is 0 Å². The molecule has 0 saturated heterocycles. The molecule has 0 radical (unpaired) electrons. The largest absolute Gasteiger partial charge is 0.393 e. The maximum Gasteiger partial charge on any atom is 0.0601 e. The van der Waals surface area contributed by atoms with Crippen LogP contribution in [0.4, 0.5) is 0 Å². The number of aliphatic hydroxyl groups is 1. The van der Waals surface area contributed by atoms with Gasteiger partial charge in [-0.2, -0.15) is 0 Å². The first kappa shape index (κ1) is 14.0. The van der Waals surface area contributed by atoms with E-state index < -0.39 is 0 Å². The van der Waals surface area contributed by atoms with Crippen molar-refractivity contribution in [2.24, 2.45) is 35.5 Å². The SMILES string of the molecule is CC(C)C1CC(C(C)C)C(O)C(C(C)C)C1. The Morgan fingerprint density at radius 3 is 1.38 bits per heavy atom. The summed E-state index contributed by atoms with van der Waals surface area (Å²) in [6, 6.07) is 0. The minimum Gasteiger partial charge on any atom is -0.393 e. The van der Waals surface area contributed by atoms with Crippen LogP contribution in [0.25, 0.3) is 0 Å². The van der Waals surface area contributed by atoms with Gasteiger partial charge in [0.2, 0.25) is 0 Å². The molecule has 0 aromatic rings. The molecule has 96 valence electrons. The van der Waals surface area contributed by atoms with Crippen LogP contribution in [0.3, 0.4) is 0 Å². The van der Waals surface area contributed by atoms with E-state index in [9.17, 15) is 5.11 Å². The summed E-state index contributed by atoms with van der Waals surface area (Å²) in [5.74, 6) is 3.80. The van der Waals surface area contributed by atoms with Crippen molar-refractivity contribution in [2.45, 2.75) is 60.5 Å². The summed E-state index contributed by atoms with van der Waals surface area (Å²) in [6.45, 7) is 13.7. The highest BCUT2D eigenvalue weighted by molar-refractivity contribution is 4.89. The van der Waals surface area contributed by atoms with E-state index in [0.29, 0.717) is 23.7 Å². The molecule has 0 aliphatic heterocycles. The smallest absolute Gasteiger partial charge is 0.0601 e. The van der Waals surface area contributed by atoms with Crippen LogP contribution in [0, 0.1) is 35.5 Å². The maximum atomic E-state index is 10.5. The van der Waals surface area contributed by atoms with Crippen molar-refractivity contribution < 1.29 is 5.11 Å². The molecule has 1 fully saturated rings. The van der Waals surface area contributed by atoms with Crippen LogP contribution in [0.5, 0.6) is 0 Å². The molecule has 0 heterocycles. The Balaban J connectivity index is 2.80. The summed E-state index contributed by atoms with van der Waals surface area (Å²) in [4.78, 5) is 0. The van der Waals surface area contributed by atoms with Crippen LogP contribution in [0.15, 0.2) is 0 Å². The van der Waals surface area contributed by atoms with Crippen LogP contribution < -0.4 is 0 Å². The predicted molar refractivity (Wildman–Crippen MR) is 70.2 cm³/mol. The van der Waals surface area contributed by atoms with Crippen molar-refractivity contribution in [1.29, 1.82) is 0 Å². The second-order valence-corrected chi connectivity index (χ2v) is 6.78. The van der Waals surface area contributed by atoms with Gasteiger partial charge >= 0.3 is 0 Å². The van der Waals surface area contributed by atoms with Gasteiger partial charge in [-0.3, -0.25) is 0 Å². The average molecular weight is 226 g/mol. The summed E-state index contributed by atoms with van der Waals surface area (Å²) in [6.07, 6.45) is 2.37. The van der Waals surface area contributed by atoms with Gasteiger partial charge in [0.05, 0.1) is 6.10 Å². The van der Waals surface area contributed by atoms with Crippen molar-refractivity contribution in [3.63, 3.8) is 0 Å². The lowest BCUT2D eigenvalue weighted by Gasteiger charge is -2.44. The zero-order valence-electron chi connectivity index (χ0n) is 11.9. The quantitative estimate of drug-likeness (QED) is 0.772. The van der Waals surface area contributed by atoms with Gasteiger partial charge in [-0.25, -0.2) is 0 Å². The first-order valence-corrected chi connectivity index (χ1v) is 7.02. The van der Waals surface area contributed by atoms with E-state index in [4.69, 9.17) is 0 Å². The summed E-state index contributed by atoms with van der Waals surface area (Å²) in [5.41, 5.74) is 0. The predicted octanol–water partition coefficient (Wildman–Crippen LogP) is 3.96. The van der Waals surface area contributed by atoms with E-state index in [1.54, 1.807) is 0 Å². The molecule has 2 atom stereocenters. The minimum absolute atomic E-state index is 0.0741. The van der Waals surface area contributed by atoms with Gasteiger partial charge in [-0.05, 0) is 48.3 Å². The third kappa shape index (κ3) is 3.00. The highest BCUT2D eigenvalue weighted by atomic mass is 16.3. The number of hydrogen-bond donors (Lipinski definition) is 1. The fourth-order valence-electron chi connectivity index (χ4n) is 3.27. The van der Waals surface area contributed by atoms with E-state index in [0.717, 1.165) is 11.8 Å². The number of hydrogen-bond acceptors (Lipinski definition) is 1. The van der Waals surface area contributed by atoms with Crippen LogP contribution in [-0.2, 0) is 0 Å². The van der Waals surface area contributed by atoms with Crippen LogP contribution in [0.1, 0.15) is 54.4 Å². The topological polar surface area (TPSA) is 20.2 Å². The van der Waals surface area contributed by atoms with Crippen LogP contribution in [0.2, 0.25) is 0 Å². The Labute approximate surface area is 102 Å². The Morgan fingerprint density at radius 2 is 1.12 bits per heavy atom. The molecule has 2 unspecified atom stereocenters. The summed E-state index contributed by atoms with van der Waals surface area (Å²) in [5, 5.41) is 10.5. The normalized spacial score (nSPS) is 36.4. The van der Waals surface area contributed by atoms with Crippen molar-refractivity contribution >= 4 is 0 Å². The Bertz CT molecular complexity index is 189. The molecule has 1 aliphatic carbocycles. The van der Waals surface area contributed by atoms with E-state index in [1.807, 2.05) is 0 Å². The third-order valence-corrected chi connectivity index (χ3v) is 4.68. The fourth-order valence-corrected chi connectivity index (χ4v) is 3.27. The van der Waals surface area contributed by atoms with Gasteiger partial charge in [0, 0.05) is 0 Å². The van der Waals surface area contributed by atoms with E-state index in [1.165, 1.54) is 12.8 Å². The molecule has 0 aromatic carbocycles. The number of rotatable bonds is 3. The van der Waals surface area contributed by atoms with Gasteiger partial charge in [0.25, 0.3) is 0 Å². The second kappa shape index (κ2) is 5.53. The Kier molecular flexibility index (Phi) is 4.85. The Hall–Kier alpha value is -0.0400. The highest BCUT2D eigenvalue weighted by Gasteiger charge is 2.39. The minimum atomic E-state index is -0.0741. The first-order chi connectivity index (χ1) is 7.34. The van der Waals surface area contributed by atoms with Crippen molar-refractivity contribution in [3.8, 4) is 0 Å². The van der Waals surface area contributed by atoms with E-state index in [2.05, 4.69) is 41.5 Å². The lowest BCUT2D eigenvalue weighted by molar-refractivity contribution is -0.0475. The monoisotopic (exact) mass is 226 g/mol.